The third kappa shape index (κ3) is 4.42. The maximum atomic E-state index is 9.49. The summed E-state index contributed by atoms with van der Waals surface area (Å²) in [6.07, 6.45) is 8.55. The Morgan fingerprint density at radius 3 is 2.64 bits per heavy atom. The van der Waals surface area contributed by atoms with E-state index >= 15 is 0 Å². The molecule has 3 heterocycles. The van der Waals surface area contributed by atoms with Crippen molar-refractivity contribution in [2.24, 2.45) is 0 Å². The highest BCUT2D eigenvalue weighted by atomic mass is 16.3. The van der Waals surface area contributed by atoms with E-state index < -0.39 is 0 Å². The lowest BCUT2D eigenvalue weighted by atomic mass is 10.2. The number of β-amino-alcohol motifs (C(OH)–C–C–N with tert-alkyl or cyclic N) is 1. The molecule has 1 aliphatic carbocycles. The Bertz CT molecular complexity index is 578. The predicted octanol–water partition coefficient (Wildman–Crippen LogP) is 2.30. The minimum absolute atomic E-state index is 0.195. The Morgan fingerprint density at radius 2 is 2.05 bits per heavy atom. The maximum absolute atomic E-state index is 9.49. The topological polar surface area (TPSA) is 91.1 Å². The molecule has 122 valence electrons. The molecule has 2 fully saturated rings. The lowest BCUT2D eigenvalue weighted by Gasteiger charge is -2.13. The molecule has 0 bridgehead atoms. The van der Waals surface area contributed by atoms with Crippen LogP contribution in [0.3, 0.4) is 0 Å². The molecule has 2 aromatic heterocycles. The predicted molar refractivity (Wildman–Crippen MR) is 89.4 cm³/mol. The summed E-state index contributed by atoms with van der Waals surface area (Å²) in [5.74, 6) is 0.475. The fourth-order valence-electron chi connectivity index (χ4n) is 2.33. The van der Waals surface area contributed by atoms with Gasteiger partial charge >= 0.3 is 0 Å². The summed E-state index contributed by atoms with van der Waals surface area (Å²) in [7, 11) is 0. The molecule has 22 heavy (non-hydrogen) atoms. The molecule has 0 unspecified atom stereocenters. The van der Waals surface area contributed by atoms with Gasteiger partial charge in [-0.05, 0) is 6.42 Å². The van der Waals surface area contributed by atoms with Crippen LogP contribution in [0.25, 0.3) is 11.0 Å². The standard InChI is InChI=1S/C11H15N5O.C3H6.C2H6/c12-11-10-9(14-6-15-11)7(3-13-10)4-16-2-1-8(17)5-16;1-2-3-1;1-2/h3,6,8,13,17H,1-2,4-5H2,(H2,12,14,15);1-3H2;1-2H3/t8-;;/m1../s1. The van der Waals surface area contributed by atoms with Crippen molar-refractivity contribution in [2.75, 3.05) is 18.8 Å². The average Bonchev–Trinajstić information content (AvgIpc) is 3.29. The van der Waals surface area contributed by atoms with Crippen LogP contribution in [0.15, 0.2) is 12.5 Å². The number of aromatic amines is 1. The van der Waals surface area contributed by atoms with Gasteiger partial charge in [0.2, 0.25) is 0 Å². The number of hydrogen-bond donors (Lipinski definition) is 3. The molecule has 2 aromatic rings. The van der Waals surface area contributed by atoms with E-state index in [9.17, 15) is 5.11 Å². The third-order valence-electron chi connectivity index (χ3n) is 3.57. The molecule has 6 heteroatoms. The summed E-state index contributed by atoms with van der Waals surface area (Å²) in [6, 6.07) is 0. The number of nitrogens with one attached hydrogen (secondary N) is 1. The zero-order valence-electron chi connectivity index (χ0n) is 13.5. The third-order valence-corrected chi connectivity index (χ3v) is 3.57. The number of nitrogens with zero attached hydrogens (tertiary/aromatic N) is 3. The van der Waals surface area contributed by atoms with Crippen LogP contribution in [0.1, 0.15) is 45.1 Å². The van der Waals surface area contributed by atoms with Crippen molar-refractivity contribution in [3.63, 3.8) is 0 Å². The number of aliphatic hydroxyl groups is 1. The van der Waals surface area contributed by atoms with Crippen LogP contribution in [-0.4, -0.2) is 44.2 Å². The van der Waals surface area contributed by atoms with Gasteiger partial charge in [0.25, 0.3) is 0 Å². The SMILES string of the molecule is C1CC1.CC.Nc1ncnc2c(CN3CC[C@@H](O)C3)c[nH]c12. The van der Waals surface area contributed by atoms with Crippen molar-refractivity contribution in [1.82, 2.24) is 19.9 Å². The lowest BCUT2D eigenvalue weighted by molar-refractivity contribution is 0.175. The van der Waals surface area contributed by atoms with Crippen molar-refractivity contribution in [2.45, 2.75) is 52.2 Å². The van der Waals surface area contributed by atoms with Crippen molar-refractivity contribution in [1.29, 1.82) is 0 Å². The molecule has 4 rings (SSSR count). The number of rotatable bonds is 2. The summed E-state index contributed by atoms with van der Waals surface area (Å²) < 4.78 is 0. The number of fused-ring (bicyclic) bond motifs is 1. The molecule has 0 amide bonds. The fourth-order valence-corrected chi connectivity index (χ4v) is 2.33. The largest absolute Gasteiger partial charge is 0.392 e. The van der Waals surface area contributed by atoms with E-state index in [-0.39, 0.29) is 6.10 Å². The highest BCUT2D eigenvalue weighted by Gasteiger charge is 2.21. The lowest BCUT2D eigenvalue weighted by Crippen LogP contribution is -2.21. The molecule has 1 saturated carbocycles. The number of H-pyrrole nitrogens is 1. The molecular formula is C16H27N5O. The summed E-state index contributed by atoms with van der Waals surface area (Å²) in [4.78, 5) is 13.5. The van der Waals surface area contributed by atoms with Gasteiger partial charge in [0.05, 0.1) is 11.6 Å². The van der Waals surface area contributed by atoms with Gasteiger partial charge in [0.15, 0.2) is 5.82 Å². The van der Waals surface area contributed by atoms with Gasteiger partial charge in [-0.25, -0.2) is 9.97 Å². The molecule has 1 saturated heterocycles. The summed E-state index contributed by atoms with van der Waals surface area (Å²) in [5.41, 5.74) is 8.53. The van der Waals surface area contributed by atoms with Gasteiger partial charge in [-0.3, -0.25) is 4.90 Å². The van der Waals surface area contributed by atoms with Gasteiger partial charge in [-0.15, -0.1) is 0 Å². The number of likely N-dealkylation sites (tertiary alicyclic amines) is 1. The van der Waals surface area contributed by atoms with Gasteiger partial charge in [0, 0.05) is 31.4 Å². The molecule has 4 N–H and O–H groups in total. The Kier molecular flexibility index (Phi) is 6.15. The molecule has 0 spiro atoms. The van der Waals surface area contributed by atoms with Crippen LogP contribution in [0.5, 0.6) is 0 Å². The van der Waals surface area contributed by atoms with Crippen molar-refractivity contribution in [3.8, 4) is 0 Å². The molecule has 6 nitrogen and oxygen atoms in total. The normalized spacial score (nSPS) is 20.0. The van der Waals surface area contributed by atoms with E-state index in [1.165, 1.54) is 25.6 Å². The summed E-state index contributed by atoms with van der Waals surface area (Å²) in [5, 5.41) is 9.49. The first kappa shape index (κ1) is 16.7. The smallest absolute Gasteiger partial charge is 0.151 e. The van der Waals surface area contributed by atoms with Gasteiger partial charge < -0.3 is 15.8 Å². The number of aliphatic hydroxyl groups excluding tert-OH is 1. The van der Waals surface area contributed by atoms with E-state index in [0.717, 1.165) is 42.7 Å². The zero-order chi connectivity index (χ0) is 15.9. The van der Waals surface area contributed by atoms with Crippen molar-refractivity contribution in [3.05, 3.63) is 18.1 Å². The Labute approximate surface area is 131 Å². The minimum atomic E-state index is -0.195. The van der Waals surface area contributed by atoms with Gasteiger partial charge in [0.1, 0.15) is 11.8 Å². The van der Waals surface area contributed by atoms with Crippen LogP contribution in [0, 0.1) is 0 Å². The quantitative estimate of drug-likeness (QED) is 0.792. The number of nitrogens with two attached hydrogens (primary N) is 1. The Hall–Kier alpha value is -1.66. The van der Waals surface area contributed by atoms with Crippen LogP contribution < -0.4 is 5.73 Å². The summed E-state index contributed by atoms with van der Waals surface area (Å²) >= 11 is 0. The van der Waals surface area contributed by atoms with E-state index in [1.807, 2.05) is 20.0 Å². The summed E-state index contributed by atoms with van der Waals surface area (Å²) in [6.45, 7) is 6.44. The fraction of sp³-hybridized carbons (Fsp3) is 0.625. The molecule has 0 aromatic carbocycles. The van der Waals surface area contributed by atoms with Crippen LogP contribution >= 0.6 is 0 Å². The zero-order valence-corrected chi connectivity index (χ0v) is 13.5. The molecule has 1 atom stereocenters. The minimum Gasteiger partial charge on any atom is -0.392 e. The van der Waals surface area contributed by atoms with Gasteiger partial charge in [-0.1, -0.05) is 33.1 Å². The molecule has 0 radical (unpaired) electrons. The van der Waals surface area contributed by atoms with Crippen LogP contribution in [0.4, 0.5) is 5.82 Å². The van der Waals surface area contributed by atoms with E-state index in [0.29, 0.717) is 5.82 Å². The van der Waals surface area contributed by atoms with Crippen molar-refractivity contribution < 1.29 is 5.11 Å². The number of nitrogen functional groups attached to an aromatic ring is 1. The van der Waals surface area contributed by atoms with Crippen LogP contribution in [-0.2, 0) is 6.54 Å². The second-order valence-corrected chi connectivity index (χ2v) is 5.53. The number of anilines is 1. The molecular weight excluding hydrogens is 278 g/mol. The molecule has 2 aliphatic rings. The van der Waals surface area contributed by atoms with E-state index in [1.54, 1.807) is 0 Å². The highest BCUT2D eigenvalue weighted by Crippen LogP contribution is 2.22. The second-order valence-electron chi connectivity index (χ2n) is 5.53. The Morgan fingerprint density at radius 1 is 1.32 bits per heavy atom. The van der Waals surface area contributed by atoms with Crippen LogP contribution in [0.2, 0.25) is 0 Å². The second kappa shape index (κ2) is 8.10. The average molecular weight is 305 g/mol. The van der Waals surface area contributed by atoms with Gasteiger partial charge in [-0.2, -0.15) is 0 Å². The Balaban J connectivity index is 0.000000307. The van der Waals surface area contributed by atoms with Crippen molar-refractivity contribution >= 4 is 16.9 Å². The van der Waals surface area contributed by atoms with E-state index in [2.05, 4.69) is 19.9 Å². The highest BCUT2D eigenvalue weighted by molar-refractivity contribution is 5.86. The first-order valence-corrected chi connectivity index (χ1v) is 8.21. The maximum Gasteiger partial charge on any atom is 0.151 e. The molecule has 1 aliphatic heterocycles. The van der Waals surface area contributed by atoms with E-state index in [4.69, 9.17) is 5.73 Å². The number of hydrogen-bond acceptors (Lipinski definition) is 5. The monoisotopic (exact) mass is 305 g/mol. The first-order chi connectivity index (χ1) is 10.7. The first-order valence-electron chi connectivity index (χ1n) is 8.21. The number of aromatic nitrogens is 3.